The van der Waals surface area contributed by atoms with Crippen molar-refractivity contribution in [1.29, 1.82) is 0 Å². The number of aromatic nitrogens is 1. The first-order valence-electron chi connectivity index (χ1n) is 8.75. The van der Waals surface area contributed by atoms with Crippen molar-refractivity contribution in [2.45, 2.75) is 25.8 Å². The highest BCUT2D eigenvalue weighted by atomic mass is 16.2. The zero-order chi connectivity index (χ0) is 18.3. The minimum absolute atomic E-state index is 0.00516. The molecule has 3 amide bonds. The van der Waals surface area contributed by atoms with E-state index < -0.39 is 0 Å². The van der Waals surface area contributed by atoms with Crippen LogP contribution in [0.15, 0.2) is 42.6 Å². The summed E-state index contributed by atoms with van der Waals surface area (Å²) >= 11 is 0. The van der Waals surface area contributed by atoms with Gasteiger partial charge in [0.1, 0.15) is 5.69 Å². The van der Waals surface area contributed by atoms with Gasteiger partial charge in [0.15, 0.2) is 0 Å². The SMILES string of the molecule is Cc1ccccc1C(=O)N1CCC(N2C(=O)c3cccnc3C2=O)CC1. The van der Waals surface area contributed by atoms with E-state index >= 15 is 0 Å². The predicted molar refractivity (Wildman–Crippen MR) is 94.8 cm³/mol. The Balaban J connectivity index is 1.46. The van der Waals surface area contributed by atoms with Crippen LogP contribution in [0.4, 0.5) is 0 Å². The maximum absolute atomic E-state index is 12.7. The number of benzene rings is 1. The highest BCUT2D eigenvalue weighted by Gasteiger charge is 2.42. The molecule has 26 heavy (non-hydrogen) atoms. The monoisotopic (exact) mass is 349 g/mol. The molecule has 2 aliphatic rings. The Morgan fingerprint density at radius 3 is 2.46 bits per heavy atom. The van der Waals surface area contributed by atoms with Gasteiger partial charge in [-0.2, -0.15) is 0 Å². The Morgan fingerprint density at radius 1 is 1.04 bits per heavy atom. The smallest absolute Gasteiger partial charge is 0.280 e. The Hall–Kier alpha value is -3.02. The van der Waals surface area contributed by atoms with Gasteiger partial charge in [0.25, 0.3) is 17.7 Å². The van der Waals surface area contributed by atoms with E-state index in [-0.39, 0.29) is 29.5 Å². The van der Waals surface area contributed by atoms with E-state index in [9.17, 15) is 14.4 Å². The van der Waals surface area contributed by atoms with Crippen LogP contribution in [0.25, 0.3) is 0 Å². The maximum Gasteiger partial charge on any atom is 0.280 e. The molecule has 0 radical (unpaired) electrons. The maximum atomic E-state index is 12.7. The van der Waals surface area contributed by atoms with Crippen LogP contribution in [0.1, 0.15) is 49.6 Å². The summed E-state index contributed by atoms with van der Waals surface area (Å²) in [6.07, 6.45) is 2.70. The van der Waals surface area contributed by atoms with Gasteiger partial charge in [-0.1, -0.05) is 18.2 Å². The van der Waals surface area contributed by atoms with E-state index in [0.29, 0.717) is 37.1 Å². The number of hydrogen-bond acceptors (Lipinski definition) is 4. The Bertz CT molecular complexity index is 866. The number of piperidine rings is 1. The van der Waals surface area contributed by atoms with Gasteiger partial charge in [-0.25, -0.2) is 0 Å². The van der Waals surface area contributed by atoms with Gasteiger partial charge in [-0.05, 0) is 43.5 Å². The lowest BCUT2D eigenvalue weighted by Gasteiger charge is -2.35. The first-order chi connectivity index (χ1) is 12.6. The normalized spacial score (nSPS) is 17.6. The summed E-state index contributed by atoms with van der Waals surface area (Å²) in [5.74, 6) is -0.596. The van der Waals surface area contributed by atoms with Crippen LogP contribution in [0.2, 0.25) is 0 Å². The van der Waals surface area contributed by atoms with Crippen molar-refractivity contribution < 1.29 is 14.4 Å². The molecule has 3 heterocycles. The Morgan fingerprint density at radius 2 is 1.77 bits per heavy atom. The molecule has 0 aliphatic carbocycles. The predicted octanol–water partition coefficient (Wildman–Crippen LogP) is 2.29. The third-order valence-electron chi connectivity index (χ3n) is 5.17. The van der Waals surface area contributed by atoms with E-state index in [1.54, 1.807) is 17.0 Å². The van der Waals surface area contributed by atoms with Gasteiger partial charge in [0.2, 0.25) is 0 Å². The van der Waals surface area contributed by atoms with E-state index in [1.165, 1.54) is 11.1 Å². The molecular formula is C20H19N3O3. The number of rotatable bonds is 2. The first kappa shape index (κ1) is 16.4. The molecule has 0 bridgehead atoms. The van der Waals surface area contributed by atoms with Crippen molar-refractivity contribution in [2.24, 2.45) is 0 Å². The molecular weight excluding hydrogens is 330 g/mol. The van der Waals surface area contributed by atoms with Crippen molar-refractivity contribution in [3.8, 4) is 0 Å². The van der Waals surface area contributed by atoms with E-state index in [0.717, 1.165) is 5.56 Å². The van der Waals surface area contributed by atoms with Gasteiger partial charge in [-0.3, -0.25) is 24.3 Å². The topological polar surface area (TPSA) is 70.6 Å². The molecule has 132 valence electrons. The number of imide groups is 1. The van der Waals surface area contributed by atoms with E-state index in [1.807, 2.05) is 31.2 Å². The van der Waals surface area contributed by atoms with E-state index in [4.69, 9.17) is 0 Å². The zero-order valence-electron chi connectivity index (χ0n) is 14.5. The fraction of sp³-hybridized carbons (Fsp3) is 0.300. The average molecular weight is 349 g/mol. The summed E-state index contributed by atoms with van der Waals surface area (Å²) in [7, 11) is 0. The molecule has 0 unspecified atom stereocenters. The number of nitrogens with zero attached hydrogens (tertiary/aromatic N) is 3. The summed E-state index contributed by atoms with van der Waals surface area (Å²) in [6, 6.07) is 10.6. The molecule has 0 spiro atoms. The fourth-order valence-electron chi connectivity index (χ4n) is 3.73. The van der Waals surface area contributed by atoms with Crippen LogP contribution < -0.4 is 0 Å². The van der Waals surface area contributed by atoms with E-state index in [2.05, 4.69) is 4.98 Å². The summed E-state index contributed by atoms with van der Waals surface area (Å²) in [4.78, 5) is 45.0. The van der Waals surface area contributed by atoms with Crippen molar-refractivity contribution in [2.75, 3.05) is 13.1 Å². The van der Waals surface area contributed by atoms with Crippen molar-refractivity contribution in [3.05, 3.63) is 65.0 Å². The van der Waals surface area contributed by atoms with Crippen LogP contribution in [0, 0.1) is 6.92 Å². The third kappa shape index (κ3) is 2.58. The molecule has 2 aromatic rings. The number of fused-ring (bicyclic) bond motifs is 1. The number of carbonyl (C=O) groups excluding carboxylic acids is 3. The second kappa shape index (κ2) is 6.37. The quantitative estimate of drug-likeness (QED) is 0.780. The van der Waals surface area contributed by atoms with Crippen LogP contribution in [-0.2, 0) is 0 Å². The highest BCUT2D eigenvalue weighted by Crippen LogP contribution is 2.27. The van der Waals surface area contributed by atoms with Crippen LogP contribution >= 0.6 is 0 Å². The lowest BCUT2D eigenvalue weighted by molar-refractivity contribution is 0.0477. The van der Waals surface area contributed by atoms with Crippen LogP contribution in [0.3, 0.4) is 0 Å². The molecule has 1 saturated heterocycles. The number of aryl methyl sites for hydroxylation is 1. The van der Waals surface area contributed by atoms with Gasteiger partial charge < -0.3 is 4.90 Å². The van der Waals surface area contributed by atoms with Gasteiger partial charge in [0, 0.05) is 30.9 Å². The van der Waals surface area contributed by atoms with Crippen LogP contribution in [0.5, 0.6) is 0 Å². The molecule has 1 aromatic heterocycles. The van der Waals surface area contributed by atoms with Crippen molar-refractivity contribution >= 4 is 17.7 Å². The molecule has 1 fully saturated rings. The number of likely N-dealkylation sites (tertiary alicyclic amines) is 1. The molecule has 6 nitrogen and oxygen atoms in total. The van der Waals surface area contributed by atoms with Crippen molar-refractivity contribution in [1.82, 2.24) is 14.8 Å². The lowest BCUT2D eigenvalue weighted by Crippen LogP contribution is -2.48. The third-order valence-corrected chi connectivity index (χ3v) is 5.17. The molecule has 1 aromatic carbocycles. The lowest BCUT2D eigenvalue weighted by atomic mass is 10.0. The minimum Gasteiger partial charge on any atom is -0.338 e. The van der Waals surface area contributed by atoms with Gasteiger partial charge >= 0.3 is 0 Å². The minimum atomic E-state index is -0.325. The second-order valence-electron chi connectivity index (χ2n) is 6.72. The Labute approximate surface area is 151 Å². The number of hydrogen-bond donors (Lipinski definition) is 0. The molecule has 0 N–H and O–H groups in total. The number of pyridine rings is 1. The first-order valence-corrected chi connectivity index (χ1v) is 8.75. The summed E-state index contributed by atoms with van der Waals surface area (Å²) in [6.45, 7) is 2.98. The Kier molecular flexibility index (Phi) is 4.03. The summed E-state index contributed by atoms with van der Waals surface area (Å²) in [5, 5.41) is 0. The second-order valence-corrected chi connectivity index (χ2v) is 6.72. The number of amides is 3. The molecule has 2 aliphatic heterocycles. The van der Waals surface area contributed by atoms with Crippen molar-refractivity contribution in [3.63, 3.8) is 0 Å². The standard InChI is InChI=1S/C20H19N3O3/c1-13-5-2-3-6-15(13)18(24)22-11-8-14(9-12-22)23-19(25)16-7-4-10-21-17(16)20(23)26/h2-7,10,14H,8-9,11-12H2,1H3. The fourth-order valence-corrected chi connectivity index (χ4v) is 3.73. The zero-order valence-corrected chi connectivity index (χ0v) is 14.5. The van der Waals surface area contributed by atoms with Gasteiger partial charge in [-0.15, -0.1) is 0 Å². The molecule has 0 atom stereocenters. The largest absolute Gasteiger partial charge is 0.338 e. The van der Waals surface area contributed by atoms with Gasteiger partial charge in [0.05, 0.1) is 5.56 Å². The number of carbonyl (C=O) groups is 3. The summed E-state index contributed by atoms with van der Waals surface area (Å²) < 4.78 is 0. The summed E-state index contributed by atoms with van der Waals surface area (Å²) in [5.41, 5.74) is 2.26. The average Bonchev–Trinajstić information content (AvgIpc) is 2.93. The molecule has 4 rings (SSSR count). The molecule has 0 saturated carbocycles. The highest BCUT2D eigenvalue weighted by molar-refractivity contribution is 6.20. The van der Waals surface area contributed by atoms with Crippen LogP contribution in [-0.4, -0.2) is 51.6 Å². The molecule has 6 heteroatoms.